The van der Waals surface area contributed by atoms with Crippen molar-refractivity contribution in [3.63, 3.8) is 0 Å². The van der Waals surface area contributed by atoms with E-state index >= 15 is 0 Å². The molecule has 1 aliphatic heterocycles. The molecule has 2 N–H and O–H groups in total. The standard InChI is InChI=1S/C16H17FN2O2/c17-12-5-3-11(4-6-12)14-7-8-15(21-14)16(20)19-13-2-1-9-18-10-13/h3-8,13,18H,1-2,9-10H2,(H,19,20)/t13-/m0/s1. The molecule has 1 amide bonds. The quantitative estimate of drug-likeness (QED) is 0.912. The highest BCUT2D eigenvalue weighted by Crippen LogP contribution is 2.22. The van der Waals surface area contributed by atoms with Crippen molar-refractivity contribution >= 4 is 5.91 Å². The molecule has 5 heteroatoms. The number of nitrogens with one attached hydrogen (secondary N) is 2. The van der Waals surface area contributed by atoms with Crippen molar-refractivity contribution in [1.29, 1.82) is 0 Å². The maximum absolute atomic E-state index is 12.9. The van der Waals surface area contributed by atoms with Crippen molar-refractivity contribution in [3.05, 3.63) is 48.0 Å². The molecule has 2 heterocycles. The van der Waals surface area contributed by atoms with Gasteiger partial charge in [-0.1, -0.05) is 0 Å². The van der Waals surface area contributed by atoms with Gasteiger partial charge < -0.3 is 15.1 Å². The molecule has 2 aromatic rings. The lowest BCUT2D eigenvalue weighted by Crippen LogP contribution is -2.45. The number of benzene rings is 1. The molecule has 1 aromatic carbocycles. The van der Waals surface area contributed by atoms with E-state index in [1.54, 1.807) is 24.3 Å². The summed E-state index contributed by atoms with van der Waals surface area (Å²) in [6.45, 7) is 1.79. The van der Waals surface area contributed by atoms with Crippen LogP contribution in [0.2, 0.25) is 0 Å². The molecule has 0 unspecified atom stereocenters. The fraction of sp³-hybridized carbons (Fsp3) is 0.312. The van der Waals surface area contributed by atoms with Crippen LogP contribution in [0, 0.1) is 5.82 Å². The largest absolute Gasteiger partial charge is 0.451 e. The molecule has 1 atom stereocenters. The van der Waals surface area contributed by atoms with E-state index in [1.807, 2.05) is 0 Å². The molecule has 3 rings (SSSR count). The zero-order valence-corrected chi connectivity index (χ0v) is 11.6. The maximum atomic E-state index is 12.9. The van der Waals surface area contributed by atoms with Gasteiger partial charge in [-0.05, 0) is 55.8 Å². The fourth-order valence-electron chi connectivity index (χ4n) is 2.46. The Morgan fingerprint density at radius 1 is 1.24 bits per heavy atom. The normalized spacial score (nSPS) is 18.4. The Kier molecular flexibility index (Phi) is 4.01. The van der Waals surface area contributed by atoms with Crippen molar-refractivity contribution in [1.82, 2.24) is 10.6 Å². The summed E-state index contributed by atoms with van der Waals surface area (Å²) in [5.74, 6) is 0.326. The third-order valence-corrected chi connectivity index (χ3v) is 3.59. The number of hydrogen-bond donors (Lipinski definition) is 2. The van der Waals surface area contributed by atoms with E-state index in [0.717, 1.165) is 31.5 Å². The van der Waals surface area contributed by atoms with Crippen LogP contribution in [0.15, 0.2) is 40.8 Å². The lowest BCUT2D eigenvalue weighted by atomic mass is 10.1. The summed E-state index contributed by atoms with van der Waals surface area (Å²) in [5.41, 5.74) is 0.745. The average molecular weight is 288 g/mol. The third kappa shape index (κ3) is 3.31. The van der Waals surface area contributed by atoms with Crippen molar-refractivity contribution in [3.8, 4) is 11.3 Å². The smallest absolute Gasteiger partial charge is 0.287 e. The molecular weight excluding hydrogens is 271 g/mol. The molecular formula is C16H17FN2O2. The molecule has 0 aliphatic carbocycles. The van der Waals surface area contributed by atoms with Crippen LogP contribution in [0.4, 0.5) is 4.39 Å². The highest BCUT2D eigenvalue weighted by Gasteiger charge is 2.18. The van der Waals surface area contributed by atoms with Gasteiger partial charge in [0.1, 0.15) is 11.6 Å². The average Bonchev–Trinajstić information content (AvgIpc) is 2.99. The van der Waals surface area contributed by atoms with Gasteiger partial charge in [0, 0.05) is 18.2 Å². The molecule has 0 saturated carbocycles. The minimum Gasteiger partial charge on any atom is -0.451 e. The van der Waals surface area contributed by atoms with E-state index in [1.165, 1.54) is 12.1 Å². The van der Waals surface area contributed by atoms with Crippen LogP contribution in [-0.2, 0) is 0 Å². The van der Waals surface area contributed by atoms with Crippen LogP contribution in [-0.4, -0.2) is 25.0 Å². The minimum atomic E-state index is -0.298. The lowest BCUT2D eigenvalue weighted by molar-refractivity contribution is 0.0903. The molecule has 1 saturated heterocycles. The summed E-state index contributed by atoms with van der Waals surface area (Å²) < 4.78 is 18.5. The SMILES string of the molecule is O=C(N[C@H]1CCCNC1)c1ccc(-c2ccc(F)cc2)o1. The Labute approximate surface area is 122 Å². The predicted molar refractivity (Wildman–Crippen MR) is 77.5 cm³/mol. The van der Waals surface area contributed by atoms with E-state index in [4.69, 9.17) is 4.42 Å². The maximum Gasteiger partial charge on any atom is 0.287 e. The van der Waals surface area contributed by atoms with E-state index in [-0.39, 0.29) is 23.5 Å². The summed E-state index contributed by atoms with van der Waals surface area (Å²) >= 11 is 0. The van der Waals surface area contributed by atoms with Gasteiger partial charge in [0.25, 0.3) is 5.91 Å². The van der Waals surface area contributed by atoms with Gasteiger partial charge >= 0.3 is 0 Å². The number of hydrogen-bond acceptors (Lipinski definition) is 3. The Morgan fingerprint density at radius 3 is 2.76 bits per heavy atom. The van der Waals surface area contributed by atoms with Crippen molar-refractivity contribution < 1.29 is 13.6 Å². The second kappa shape index (κ2) is 6.10. The van der Waals surface area contributed by atoms with E-state index < -0.39 is 0 Å². The zero-order chi connectivity index (χ0) is 14.7. The third-order valence-electron chi connectivity index (χ3n) is 3.59. The summed E-state index contributed by atoms with van der Waals surface area (Å²) in [7, 11) is 0. The second-order valence-corrected chi connectivity index (χ2v) is 5.19. The van der Waals surface area contributed by atoms with Gasteiger partial charge in [-0.15, -0.1) is 0 Å². The van der Waals surface area contributed by atoms with Crippen LogP contribution in [0.25, 0.3) is 11.3 Å². The van der Waals surface area contributed by atoms with Crippen molar-refractivity contribution in [2.24, 2.45) is 0 Å². The summed E-state index contributed by atoms with van der Waals surface area (Å²) in [6.07, 6.45) is 2.04. The molecule has 0 spiro atoms. The van der Waals surface area contributed by atoms with Gasteiger partial charge in [-0.25, -0.2) is 4.39 Å². The number of furan rings is 1. The summed E-state index contributed by atoms with van der Waals surface area (Å²) in [4.78, 5) is 12.1. The highest BCUT2D eigenvalue weighted by atomic mass is 19.1. The second-order valence-electron chi connectivity index (χ2n) is 5.19. The predicted octanol–water partition coefficient (Wildman–Crippen LogP) is 2.57. The minimum absolute atomic E-state index is 0.144. The number of piperidine rings is 1. The number of carbonyl (C=O) groups is 1. The first-order valence-corrected chi connectivity index (χ1v) is 7.10. The number of halogens is 1. The van der Waals surface area contributed by atoms with Crippen LogP contribution >= 0.6 is 0 Å². The van der Waals surface area contributed by atoms with Crippen LogP contribution < -0.4 is 10.6 Å². The van der Waals surface area contributed by atoms with Crippen LogP contribution in [0.5, 0.6) is 0 Å². The number of rotatable bonds is 3. The Morgan fingerprint density at radius 2 is 2.05 bits per heavy atom. The van der Waals surface area contributed by atoms with Gasteiger partial charge in [-0.2, -0.15) is 0 Å². The first kappa shape index (κ1) is 13.8. The molecule has 0 bridgehead atoms. The van der Waals surface area contributed by atoms with E-state index in [9.17, 15) is 9.18 Å². The molecule has 110 valence electrons. The monoisotopic (exact) mass is 288 g/mol. The summed E-state index contributed by atoms with van der Waals surface area (Å²) in [6, 6.07) is 9.50. The topological polar surface area (TPSA) is 54.3 Å². The molecule has 21 heavy (non-hydrogen) atoms. The van der Waals surface area contributed by atoms with Gasteiger partial charge in [0.05, 0.1) is 0 Å². The first-order chi connectivity index (χ1) is 10.2. The molecule has 1 aliphatic rings. The van der Waals surface area contributed by atoms with Crippen LogP contribution in [0.1, 0.15) is 23.4 Å². The molecule has 0 radical (unpaired) electrons. The summed E-state index contributed by atoms with van der Waals surface area (Å²) in [5, 5.41) is 6.20. The Balaban J connectivity index is 1.69. The Hall–Kier alpha value is -2.14. The van der Waals surface area contributed by atoms with Crippen molar-refractivity contribution in [2.75, 3.05) is 13.1 Å². The molecule has 4 nitrogen and oxygen atoms in total. The van der Waals surface area contributed by atoms with Gasteiger partial charge in [-0.3, -0.25) is 4.79 Å². The highest BCUT2D eigenvalue weighted by molar-refractivity contribution is 5.92. The van der Waals surface area contributed by atoms with E-state index in [0.29, 0.717) is 5.76 Å². The number of carbonyl (C=O) groups excluding carboxylic acids is 1. The lowest BCUT2D eigenvalue weighted by Gasteiger charge is -2.23. The number of amides is 1. The first-order valence-electron chi connectivity index (χ1n) is 7.10. The fourth-order valence-corrected chi connectivity index (χ4v) is 2.46. The molecule has 1 fully saturated rings. The van der Waals surface area contributed by atoms with Crippen LogP contribution in [0.3, 0.4) is 0 Å². The van der Waals surface area contributed by atoms with Crippen molar-refractivity contribution in [2.45, 2.75) is 18.9 Å². The zero-order valence-electron chi connectivity index (χ0n) is 11.6. The Bertz CT molecular complexity index is 615. The van der Waals surface area contributed by atoms with E-state index in [2.05, 4.69) is 10.6 Å². The van der Waals surface area contributed by atoms with Gasteiger partial charge in [0.15, 0.2) is 5.76 Å². The van der Waals surface area contributed by atoms with Gasteiger partial charge in [0.2, 0.25) is 0 Å². The molecule has 1 aromatic heterocycles.